The van der Waals surface area contributed by atoms with E-state index in [0.717, 1.165) is 34.9 Å². The fraction of sp³-hybridized carbons (Fsp3) is 0.238. The van der Waals surface area contributed by atoms with Crippen LogP contribution in [0.3, 0.4) is 0 Å². The number of fused-ring (bicyclic) bond motifs is 1. The Balaban J connectivity index is 1.72. The van der Waals surface area contributed by atoms with Gasteiger partial charge in [-0.15, -0.1) is 0 Å². The van der Waals surface area contributed by atoms with Crippen molar-refractivity contribution in [3.05, 3.63) is 70.0 Å². The lowest BCUT2D eigenvalue weighted by Crippen LogP contribution is -2.20. The van der Waals surface area contributed by atoms with Crippen LogP contribution in [-0.2, 0) is 11.2 Å². The molecule has 3 aromatic rings. The Hall–Kier alpha value is -3.08. The number of carbonyl (C=O) groups is 1. The van der Waals surface area contributed by atoms with E-state index in [4.69, 9.17) is 4.74 Å². The minimum Gasteiger partial charge on any atom is -0.484 e. The number of hydrogen-bond donors (Lipinski definition) is 2. The van der Waals surface area contributed by atoms with Crippen LogP contribution < -0.4 is 15.6 Å². The minimum absolute atomic E-state index is 0.0755. The van der Waals surface area contributed by atoms with Gasteiger partial charge < -0.3 is 15.0 Å². The number of aromatic nitrogens is 1. The van der Waals surface area contributed by atoms with E-state index in [0.29, 0.717) is 11.4 Å². The minimum atomic E-state index is -0.252. The van der Waals surface area contributed by atoms with Gasteiger partial charge in [-0.1, -0.05) is 31.5 Å². The molecule has 26 heavy (non-hydrogen) atoms. The molecule has 0 aliphatic carbocycles. The van der Waals surface area contributed by atoms with Crippen LogP contribution in [0.5, 0.6) is 5.75 Å². The summed E-state index contributed by atoms with van der Waals surface area (Å²) < 4.78 is 5.51. The van der Waals surface area contributed by atoms with Crippen molar-refractivity contribution in [1.82, 2.24) is 4.98 Å². The summed E-state index contributed by atoms with van der Waals surface area (Å²) in [6.07, 6.45) is 1.81. The molecule has 0 unspecified atom stereocenters. The van der Waals surface area contributed by atoms with Crippen LogP contribution in [0.2, 0.25) is 0 Å². The fourth-order valence-electron chi connectivity index (χ4n) is 2.94. The Morgan fingerprint density at radius 2 is 2.00 bits per heavy atom. The van der Waals surface area contributed by atoms with Crippen molar-refractivity contribution in [2.75, 3.05) is 11.9 Å². The summed E-state index contributed by atoms with van der Waals surface area (Å²) in [6.45, 7) is 3.97. The molecule has 0 saturated carbocycles. The monoisotopic (exact) mass is 350 g/mol. The summed E-state index contributed by atoms with van der Waals surface area (Å²) in [6, 6.07) is 14.7. The van der Waals surface area contributed by atoms with Gasteiger partial charge in [0.25, 0.3) is 5.91 Å². The van der Waals surface area contributed by atoms with Crippen molar-refractivity contribution in [1.29, 1.82) is 0 Å². The highest BCUT2D eigenvalue weighted by Gasteiger charge is 2.07. The number of rotatable bonds is 6. The summed E-state index contributed by atoms with van der Waals surface area (Å²) >= 11 is 0. The third-order valence-electron chi connectivity index (χ3n) is 4.09. The molecule has 5 heteroatoms. The number of aromatic amines is 1. The molecule has 5 nitrogen and oxygen atoms in total. The van der Waals surface area contributed by atoms with Gasteiger partial charge in [-0.3, -0.25) is 9.59 Å². The highest BCUT2D eigenvalue weighted by atomic mass is 16.5. The van der Waals surface area contributed by atoms with Crippen molar-refractivity contribution < 1.29 is 9.53 Å². The van der Waals surface area contributed by atoms with Gasteiger partial charge in [-0.2, -0.15) is 0 Å². The second-order valence-corrected chi connectivity index (χ2v) is 6.32. The van der Waals surface area contributed by atoms with E-state index in [1.807, 2.05) is 43.3 Å². The number of amides is 1. The molecule has 0 spiro atoms. The molecule has 0 radical (unpaired) electrons. The standard InChI is InChI=1S/C21H22N2O3/c1-3-5-15-11-20(24)23-19-12-16(8-9-18(15)19)22-21(25)13-26-17-7-4-6-14(2)10-17/h4,6-12H,3,5,13H2,1-2H3,(H,22,25)(H,23,24). The van der Waals surface area contributed by atoms with Gasteiger partial charge in [0.05, 0.1) is 5.52 Å². The highest BCUT2D eigenvalue weighted by Crippen LogP contribution is 2.21. The molecule has 0 aliphatic rings. The lowest BCUT2D eigenvalue weighted by atomic mass is 10.0. The maximum Gasteiger partial charge on any atom is 0.262 e. The number of anilines is 1. The molecule has 0 atom stereocenters. The zero-order valence-corrected chi connectivity index (χ0v) is 15.0. The number of carbonyl (C=O) groups excluding carboxylic acids is 1. The SMILES string of the molecule is CCCc1cc(=O)[nH]c2cc(NC(=O)COc3cccc(C)c3)ccc12. The number of nitrogens with one attached hydrogen (secondary N) is 2. The maximum absolute atomic E-state index is 12.1. The van der Waals surface area contributed by atoms with Gasteiger partial charge in [0, 0.05) is 17.1 Å². The van der Waals surface area contributed by atoms with Crippen LogP contribution in [0, 0.1) is 6.92 Å². The van der Waals surface area contributed by atoms with E-state index in [9.17, 15) is 9.59 Å². The molecule has 1 aromatic heterocycles. The van der Waals surface area contributed by atoms with E-state index in [-0.39, 0.29) is 18.1 Å². The van der Waals surface area contributed by atoms with Crippen molar-refractivity contribution in [3.8, 4) is 5.75 Å². The molecule has 2 N–H and O–H groups in total. The first-order valence-electron chi connectivity index (χ1n) is 8.70. The lowest BCUT2D eigenvalue weighted by Gasteiger charge is -2.10. The van der Waals surface area contributed by atoms with Crippen molar-refractivity contribution in [3.63, 3.8) is 0 Å². The smallest absolute Gasteiger partial charge is 0.262 e. The van der Waals surface area contributed by atoms with Gasteiger partial charge in [-0.05, 0) is 48.7 Å². The first-order chi connectivity index (χ1) is 12.5. The number of H-pyrrole nitrogens is 1. The summed E-state index contributed by atoms with van der Waals surface area (Å²) in [7, 11) is 0. The largest absolute Gasteiger partial charge is 0.484 e. The Morgan fingerprint density at radius 1 is 1.15 bits per heavy atom. The van der Waals surface area contributed by atoms with E-state index >= 15 is 0 Å². The maximum atomic E-state index is 12.1. The van der Waals surface area contributed by atoms with Crippen molar-refractivity contribution in [2.24, 2.45) is 0 Å². The zero-order chi connectivity index (χ0) is 18.5. The molecule has 1 amide bonds. The molecule has 0 bridgehead atoms. The van der Waals surface area contributed by atoms with Gasteiger partial charge in [0.2, 0.25) is 5.56 Å². The molecular formula is C21H22N2O3. The van der Waals surface area contributed by atoms with Crippen LogP contribution in [0.25, 0.3) is 10.9 Å². The van der Waals surface area contributed by atoms with Gasteiger partial charge in [0.15, 0.2) is 6.61 Å². The number of ether oxygens (including phenoxy) is 1. The van der Waals surface area contributed by atoms with Crippen LogP contribution in [0.1, 0.15) is 24.5 Å². The first kappa shape index (κ1) is 17.7. The number of hydrogen-bond acceptors (Lipinski definition) is 3. The fourth-order valence-corrected chi connectivity index (χ4v) is 2.94. The molecule has 134 valence electrons. The van der Waals surface area contributed by atoms with E-state index < -0.39 is 0 Å². The number of pyridine rings is 1. The Kier molecular flexibility index (Phi) is 5.37. The van der Waals surface area contributed by atoms with Crippen molar-refractivity contribution in [2.45, 2.75) is 26.7 Å². The molecule has 0 saturated heterocycles. The Morgan fingerprint density at radius 3 is 2.77 bits per heavy atom. The Labute approximate surface area is 152 Å². The van der Waals surface area contributed by atoms with Gasteiger partial charge >= 0.3 is 0 Å². The van der Waals surface area contributed by atoms with Crippen molar-refractivity contribution >= 4 is 22.5 Å². The summed E-state index contributed by atoms with van der Waals surface area (Å²) in [5.74, 6) is 0.408. The molecule has 0 fully saturated rings. The summed E-state index contributed by atoms with van der Waals surface area (Å²) in [5, 5.41) is 3.80. The average molecular weight is 350 g/mol. The predicted octanol–water partition coefficient (Wildman–Crippen LogP) is 3.81. The average Bonchev–Trinajstić information content (AvgIpc) is 2.60. The van der Waals surface area contributed by atoms with E-state index in [2.05, 4.69) is 17.2 Å². The van der Waals surface area contributed by atoms with E-state index in [1.54, 1.807) is 12.1 Å². The van der Waals surface area contributed by atoms with Gasteiger partial charge in [0.1, 0.15) is 5.75 Å². The predicted molar refractivity (Wildman–Crippen MR) is 104 cm³/mol. The number of benzene rings is 2. The second kappa shape index (κ2) is 7.87. The topological polar surface area (TPSA) is 71.2 Å². The van der Waals surface area contributed by atoms with Crippen LogP contribution >= 0.6 is 0 Å². The van der Waals surface area contributed by atoms with Crippen LogP contribution in [-0.4, -0.2) is 17.5 Å². The normalized spacial score (nSPS) is 10.7. The van der Waals surface area contributed by atoms with Gasteiger partial charge in [-0.25, -0.2) is 0 Å². The summed E-state index contributed by atoms with van der Waals surface area (Å²) in [5.41, 5.74) is 3.31. The molecule has 2 aromatic carbocycles. The molecule has 1 heterocycles. The quantitative estimate of drug-likeness (QED) is 0.710. The summed E-state index contributed by atoms with van der Waals surface area (Å²) in [4.78, 5) is 26.8. The molecule has 3 rings (SSSR count). The molecule has 0 aliphatic heterocycles. The highest BCUT2D eigenvalue weighted by molar-refractivity contribution is 5.94. The zero-order valence-electron chi connectivity index (χ0n) is 15.0. The Bertz CT molecular complexity index is 992. The van der Waals surface area contributed by atoms with E-state index in [1.165, 1.54) is 0 Å². The third-order valence-corrected chi connectivity index (χ3v) is 4.09. The van der Waals surface area contributed by atoms with Crippen LogP contribution in [0.15, 0.2) is 53.3 Å². The number of aryl methyl sites for hydroxylation is 2. The lowest BCUT2D eigenvalue weighted by molar-refractivity contribution is -0.118. The molecular weight excluding hydrogens is 328 g/mol. The van der Waals surface area contributed by atoms with Crippen LogP contribution in [0.4, 0.5) is 5.69 Å². The first-order valence-corrected chi connectivity index (χ1v) is 8.70. The second-order valence-electron chi connectivity index (χ2n) is 6.32. The third kappa shape index (κ3) is 4.30.